The number of primary amides is 1. The smallest absolute Gasteiger partial charge is 0.246 e. The van der Waals surface area contributed by atoms with Crippen LogP contribution in [0.5, 0.6) is 0 Å². The Morgan fingerprint density at radius 2 is 1.58 bits per heavy atom. The summed E-state index contributed by atoms with van der Waals surface area (Å²) in [5.74, 6) is -3.43. The Morgan fingerprint density at radius 3 is 2.18 bits per heavy atom. The third-order valence-electron chi connectivity index (χ3n) is 6.65. The van der Waals surface area contributed by atoms with E-state index in [1.54, 1.807) is 4.90 Å². The second kappa shape index (κ2) is 11.8. The molecule has 38 heavy (non-hydrogen) atoms. The molecule has 1 aliphatic heterocycles. The van der Waals surface area contributed by atoms with Gasteiger partial charge in [0.2, 0.25) is 17.7 Å². The summed E-state index contributed by atoms with van der Waals surface area (Å²) in [5, 5.41) is 0. The number of halogens is 2. The van der Waals surface area contributed by atoms with Crippen LogP contribution in [-0.4, -0.2) is 39.6 Å². The van der Waals surface area contributed by atoms with Crippen LogP contribution in [0.3, 0.4) is 0 Å². The van der Waals surface area contributed by atoms with Gasteiger partial charge in [-0.15, -0.1) is 0 Å². The van der Waals surface area contributed by atoms with Crippen molar-refractivity contribution in [1.29, 1.82) is 0 Å². The van der Waals surface area contributed by atoms with Gasteiger partial charge in [-0.2, -0.15) is 0 Å². The maximum absolute atomic E-state index is 14.2. The molecule has 0 radical (unpaired) electrons. The fourth-order valence-electron chi connectivity index (χ4n) is 4.78. The predicted molar refractivity (Wildman–Crippen MR) is 139 cm³/mol. The highest BCUT2D eigenvalue weighted by molar-refractivity contribution is 5.93. The van der Waals surface area contributed by atoms with Gasteiger partial charge in [0.05, 0.1) is 12.5 Å². The number of nitrogens with zero attached hydrogens (tertiary/aromatic N) is 2. The molecule has 196 valence electrons. The Morgan fingerprint density at radius 1 is 0.974 bits per heavy atom. The third kappa shape index (κ3) is 6.14. The highest BCUT2D eigenvalue weighted by atomic mass is 19.1. The molecule has 0 unspecified atom stereocenters. The lowest BCUT2D eigenvalue weighted by Crippen LogP contribution is -2.57. The van der Waals surface area contributed by atoms with Crippen molar-refractivity contribution in [3.63, 3.8) is 0 Å². The quantitative estimate of drug-likeness (QED) is 0.452. The number of hydrogen-bond acceptors (Lipinski definition) is 3. The summed E-state index contributed by atoms with van der Waals surface area (Å²) in [7, 11) is 0. The summed E-state index contributed by atoms with van der Waals surface area (Å²) in [6.07, 6.45) is 3.48. The zero-order chi connectivity index (χ0) is 27.2. The first-order chi connectivity index (χ1) is 18.2. The average molecular weight is 518 g/mol. The summed E-state index contributed by atoms with van der Waals surface area (Å²) in [5.41, 5.74) is 7.47. The number of amides is 3. The molecule has 4 rings (SSSR count). The van der Waals surface area contributed by atoms with Crippen LogP contribution in [0.4, 0.5) is 8.78 Å². The molecule has 3 aromatic carbocycles. The maximum Gasteiger partial charge on any atom is 0.246 e. The van der Waals surface area contributed by atoms with Crippen LogP contribution in [0, 0.1) is 11.6 Å². The summed E-state index contributed by atoms with van der Waals surface area (Å²) in [4.78, 5) is 42.8. The van der Waals surface area contributed by atoms with Crippen molar-refractivity contribution in [2.24, 2.45) is 5.73 Å². The fourth-order valence-corrected chi connectivity index (χ4v) is 4.78. The van der Waals surface area contributed by atoms with E-state index in [4.69, 9.17) is 5.73 Å². The number of benzene rings is 3. The molecule has 2 N–H and O–H groups in total. The van der Waals surface area contributed by atoms with E-state index in [0.717, 1.165) is 28.2 Å². The number of rotatable bonds is 8. The maximum atomic E-state index is 14.2. The molecule has 0 aromatic heterocycles. The van der Waals surface area contributed by atoms with E-state index in [1.807, 2.05) is 72.8 Å². The SMILES string of the molecule is C[C@@H](C(N)=O)N(C(=O)Cc1cc(F)cc(F)c1)[C@H]1CC=C[C@H](c2ccccc2)N(Cc2ccccc2)C1=O. The lowest BCUT2D eigenvalue weighted by molar-refractivity contribution is -0.151. The molecule has 0 fully saturated rings. The largest absolute Gasteiger partial charge is 0.368 e. The molecule has 3 aromatic rings. The van der Waals surface area contributed by atoms with Gasteiger partial charge in [0.1, 0.15) is 23.7 Å². The molecule has 3 atom stereocenters. The van der Waals surface area contributed by atoms with Gasteiger partial charge >= 0.3 is 0 Å². The minimum Gasteiger partial charge on any atom is -0.368 e. The molecular weight excluding hydrogens is 488 g/mol. The van der Waals surface area contributed by atoms with Crippen molar-refractivity contribution >= 4 is 17.7 Å². The number of carbonyl (C=O) groups is 3. The molecule has 0 bridgehead atoms. The normalized spacial score (nSPS) is 18.1. The average Bonchev–Trinajstić information content (AvgIpc) is 3.04. The van der Waals surface area contributed by atoms with Crippen LogP contribution in [0.1, 0.15) is 36.1 Å². The van der Waals surface area contributed by atoms with Gasteiger partial charge < -0.3 is 15.5 Å². The first-order valence-electron chi connectivity index (χ1n) is 12.4. The van der Waals surface area contributed by atoms with Crippen molar-refractivity contribution in [3.8, 4) is 0 Å². The van der Waals surface area contributed by atoms with E-state index in [-0.39, 0.29) is 24.4 Å². The topological polar surface area (TPSA) is 83.7 Å². The Bertz CT molecular complexity index is 1310. The van der Waals surface area contributed by atoms with Gasteiger partial charge in [0, 0.05) is 12.6 Å². The lowest BCUT2D eigenvalue weighted by Gasteiger charge is -2.38. The minimum atomic E-state index is -1.13. The van der Waals surface area contributed by atoms with Gasteiger partial charge in [0.15, 0.2) is 0 Å². The molecule has 3 amide bonds. The van der Waals surface area contributed by atoms with Gasteiger partial charge in [0.25, 0.3) is 0 Å². The van der Waals surface area contributed by atoms with E-state index >= 15 is 0 Å². The molecule has 8 heteroatoms. The fraction of sp³-hybridized carbons (Fsp3) is 0.233. The standard InChI is InChI=1S/C30H29F2N3O3/c1-20(29(33)37)35(28(36)17-22-15-24(31)18-25(32)16-22)27-14-8-13-26(23-11-6-3-7-12-23)34(30(27)38)19-21-9-4-2-5-10-21/h2-13,15-16,18,20,26-27H,14,17,19H2,1H3,(H2,33,37)/t20-,26+,27-/m0/s1. The number of carbonyl (C=O) groups excluding carboxylic acids is 3. The molecule has 0 spiro atoms. The summed E-state index contributed by atoms with van der Waals surface area (Å²) >= 11 is 0. The monoisotopic (exact) mass is 517 g/mol. The van der Waals surface area contributed by atoms with Crippen molar-refractivity contribution in [1.82, 2.24) is 9.80 Å². The molecule has 1 aliphatic rings. The van der Waals surface area contributed by atoms with Crippen LogP contribution in [0.25, 0.3) is 0 Å². The van der Waals surface area contributed by atoms with Crippen molar-refractivity contribution < 1.29 is 23.2 Å². The molecule has 6 nitrogen and oxygen atoms in total. The Labute approximate surface area is 220 Å². The number of hydrogen-bond donors (Lipinski definition) is 1. The Balaban J connectivity index is 1.72. The second-order valence-electron chi connectivity index (χ2n) is 9.32. The van der Waals surface area contributed by atoms with Crippen molar-refractivity contribution in [3.05, 3.63) is 119 Å². The second-order valence-corrected chi connectivity index (χ2v) is 9.32. The van der Waals surface area contributed by atoms with Gasteiger partial charge in [-0.3, -0.25) is 14.4 Å². The molecule has 1 heterocycles. The van der Waals surface area contributed by atoms with E-state index in [0.29, 0.717) is 6.07 Å². The molecule has 0 saturated heterocycles. The minimum absolute atomic E-state index is 0.0917. The van der Waals surface area contributed by atoms with Crippen LogP contribution >= 0.6 is 0 Å². The highest BCUT2D eigenvalue weighted by Gasteiger charge is 2.40. The van der Waals surface area contributed by atoms with Crippen LogP contribution in [0.2, 0.25) is 0 Å². The van der Waals surface area contributed by atoms with Gasteiger partial charge in [-0.05, 0) is 42.2 Å². The van der Waals surface area contributed by atoms with Crippen molar-refractivity contribution in [2.75, 3.05) is 0 Å². The van der Waals surface area contributed by atoms with Crippen LogP contribution in [0.15, 0.2) is 91.0 Å². The van der Waals surface area contributed by atoms with Crippen LogP contribution < -0.4 is 5.73 Å². The molecule has 0 saturated carbocycles. The first kappa shape index (κ1) is 26.7. The third-order valence-corrected chi connectivity index (χ3v) is 6.65. The van der Waals surface area contributed by atoms with E-state index in [9.17, 15) is 23.2 Å². The lowest BCUT2D eigenvalue weighted by atomic mass is 10.0. The summed E-state index contributed by atoms with van der Waals surface area (Å²) in [6.45, 7) is 1.71. The van der Waals surface area contributed by atoms with Crippen LogP contribution in [-0.2, 0) is 27.3 Å². The number of nitrogens with two attached hydrogens (primary N) is 1. The van der Waals surface area contributed by atoms with E-state index < -0.39 is 48.0 Å². The highest BCUT2D eigenvalue weighted by Crippen LogP contribution is 2.30. The first-order valence-corrected chi connectivity index (χ1v) is 12.4. The van der Waals surface area contributed by atoms with E-state index in [2.05, 4.69) is 0 Å². The van der Waals surface area contributed by atoms with Gasteiger partial charge in [-0.25, -0.2) is 8.78 Å². The zero-order valence-electron chi connectivity index (χ0n) is 21.0. The zero-order valence-corrected chi connectivity index (χ0v) is 21.0. The Kier molecular flexibility index (Phi) is 8.31. The summed E-state index contributed by atoms with van der Waals surface area (Å²) < 4.78 is 27.6. The predicted octanol–water partition coefficient (Wildman–Crippen LogP) is 4.31. The molecular formula is C30H29F2N3O3. The van der Waals surface area contributed by atoms with E-state index in [1.165, 1.54) is 6.92 Å². The van der Waals surface area contributed by atoms with Gasteiger partial charge in [-0.1, -0.05) is 72.8 Å². The summed E-state index contributed by atoms with van der Waals surface area (Å²) in [6, 6.07) is 19.2. The molecule has 0 aliphatic carbocycles. The van der Waals surface area contributed by atoms with Crippen molar-refractivity contribution in [2.45, 2.75) is 44.4 Å². The Hall–Kier alpha value is -4.33.